The summed E-state index contributed by atoms with van der Waals surface area (Å²) in [5, 5.41) is 21.4. The first kappa shape index (κ1) is 21.9. The van der Waals surface area contributed by atoms with E-state index in [4.69, 9.17) is 5.73 Å². The van der Waals surface area contributed by atoms with Gasteiger partial charge >= 0.3 is 0 Å². The molecule has 0 aliphatic rings. The number of hydrazone groups is 1. The van der Waals surface area contributed by atoms with Gasteiger partial charge in [0.15, 0.2) is 5.69 Å². The summed E-state index contributed by atoms with van der Waals surface area (Å²) in [4.78, 5) is 15.6. The maximum atomic E-state index is 12.9. The van der Waals surface area contributed by atoms with Gasteiger partial charge in [-0.1, -0.05) is 29.5 Å². The molecule has 3 heterocycles. The first-order chi connectivity index (χ1) is 15.9. The van der Waals surface area contributed by atoms with Gasteiger partial charge in [-0.15, -0.1) is 16.4 Å². The molecule has 0 saturated heterocycles. The Morgan fingerprint density at radius 2 is 2.03 bits per heavy atom. The summed E-state index contributed by atoms with van der Waals surface area (Å²) in [6.07, 6.45) is 3.72. The van der Waals surface area contributed by atoms with Crippen LogP contribution in [0.2, 0.25) is 0 Å². The highest BCUT2D eigenvalue weighted by atomic mass is 32.1. The van der Waals surface area contributed by atoms with E-state index in [1.54, 1.807) is 6.92 Å². The van der Waals surface area contributed by atoms with E-state index in [9.17, 15) is 4.79 Å². The number of amides is 1. The summed E-state index contributed by atoms with van der Waals surface area (Å²) < 4.78 is 5.98. The van der Waals surface area contributed by atoms with E-state index in [0.717, 1.165) is 16.1 Å². The fourth-order valence-electron chi connectivity index (χ4n) is 2.88. The normalized spacial score (nSPS) is 11.8. The molecule has 12 heteroatoms. The Hall–Kier alpha value is -4.32. The van der Waals surface area contributed by atoms with Gasteiger partial charge in [-0.25, -0.2) is 10.1 Å². The third-order valence-corrected chi connectivity index (χ3v) is 5.47. The predicted octanol–water partition coefficient (Wildman–Crippen LogP) is 2.85. The molecule has 3 N–H and O–H groups in total. The average molecular weight is 464 g/mol. The minimum absolute atomic E-state index is 0.0299. The topological polar surface area (TPSA) is 140 Å². The summed E-state index contributed by atoms with van der Waals surface area (Å²) in [5.41, 5.74) is 11.5. The minimum atomic E-state index is -0.525. The number of nitrogens with one attached hydrogen (secondary N) is 1. The Bertz CT molecular complexity index is 1300. The van der Waals surface area contributed by atoms with Crippen molar-refractivity contribution >= 4 is 40.5 Å². The van der Waals surface area contributed by atoms with Crippen LogP contribution >= 0.6 is 11.3 Å². The number of hydrogen-bond acceptors (Lipinski definition) is 10. The second-order valence-electron chi connectivity index (χ2n) is 7.16. The van der Waals surface area contributed by atoms with Crippen LogP contribution in [-0.2, 0) is 0 Å². The van der Waals surface area contributed by atoms with Crippen molar-refractivity contribution < 1.29 is 9.42 Å². The number of hydrogen-bond donors (Lipinski definition) is 2. The Labute approximate surface area is 193 Å². The first-order valence-electron chi connectivity index (χ1n) is 9.82. The van der Waals surface area contributed by atoms with Gasteiger partial charge in [-0.2, -0.15) is 9.78 Å². The van der Waals surface area contributed by atoms with Gasteiger partial charge in [0.2, 0.25) is 11.6 Å². The van der Waals surface area contributed by atoms with Crippen LogP contribution in [0.3, 0.4) is 0 Å². The molecular formula is C21H21N9O2S. The van der Waals surface area contributed by atoms with Gasteiger partial charge in [0, 0.05) is 19.8 Å². The van der Waals surface area contributed by atoms with Crippen molar-refractivity contribution in [3.05, 3.63) is 59.1 Å². The second-order valence-corrected chi connectivity index (χ2v) is 8.11. The number of nitrogens with two attached hydrogens (primary N) is 1. The van der Waals surface area contributed by atoms with E-state index < -0.39 is 5.91 Å². The summed E-state index contributed by atoms with van der Waals surface area (Å²) in [7, 11) is 3.98. The van der Waals surface area contributed by atoms with E-state index in [0.29, 0.717) is 11.4 Å². The van der Waals surface area contributed by atoms with E-state index in [2.05, 4.69) is 35.8 Å². The van der Waals surface area contributed by atoms with E-state index in [-0.39, 0.29) is 17.3 Å². The molecule has 4 rings (SSSR count). The Kier molecular flexibility index (Phi) is 6.26. The maximum Gasteiger partial charge on any atom is 0.294 e. The monoisotopic (exact) mass is 463 g/mol. The average Bonchev–Trinajstić information content (AvgIpc) is 3.56. The fraction of sp³-hybridized carbons (Fsp3) is 0.143. The highest BCUT2D eigenvalue weighted by Gasteiger charge is 2.25. The van der Waals surface area contributed by atoms with Crippen LogP contribution in [0.5, 0.6) is 0 Å². The number of nitrogens with zero attached hydrogens (tertiary/aromatic N) is 7. The third-order valence-electron chi connectivity index (χ3n) is 4.60. The number of carbonyl (C=O) groups excluding carboxylic acids is 1. The van der Waals surface area contributed by atoms with E-state index in [1.165, 1.54) is 16.0 Å². The van der Waals surface area contributed by atoms with Gasteiger partial charge < -0.3 is 10.6 Å². The smallest absolute Gasteiger partial charge is 0.294 e. The van der Waals surface area contributed by atoms with Crippen LogP contribution in [0.15, 0.2) is 57.6 Å². The molecule has 0 atom stereocenters. The molecule has 0 aliphatic carbocycles. The predicted molar refractivity (Wildman–Crippen MR) is 127 cm³/mol. The number of benzene rings is 1. The van der Waals surface area contributed by atoms with Crippen LogP contribution in [0.1, 0.15) is 23.0 Å². The Balaban J connectivity index is 1.53. The van der Waals surface area contributed by atoms with Crippen molar-refractivity contribution in [1.82, 2.24) is 30.7 Å². The zero-order valence-electron chi connectivity index (χ0n) is 18.1. The van der Waals surface area contributed by atoms with Gasteiger partial charge in [-0.3, -0.25) is 4.79 Å². The van der Waals surface area contributed by atoms with Crippen molar-refractivity contribution in [3.8, 4) is 16.4 Å². The molecule has 1 aromatic carbocycles. The van der Waals surface area contributed by atoms with Crippen molar-refractivity contribution in [2.75, 3.05) is 24.7 Å². The quantitative estimate of drug-likeness (QED) is 0.315. The number of anilines is 2. The van der Waals surface area contributed by atoms with Crippen LogP contribution in [0.25, 0.3) is 22.5 Å². The lowest BCUT2D eigenvalue weighted by Crippen LogP contribution is -2.20. The lowest BCUT2D eigenvalue weighted by molar-refractivity contribution is 0.0950. The molecule has 4 aromatic rings. The number of carbonyl (C=O) groups is 1. The third kappa shape index (κ3) is 4.80. The lowest BCUT2D eigenvalue weighted by Gasteiger charge is -2.11. The zero-order chi connectivity index (χ0) is 23.4. The van der Waals surface area contributed by atoms with E-state index >= 15 is 0 Å². The molecule has 168 valence electrons. The summed E-state index contributed by atoms with van der Waals surface area (Å²) in [6.45, 7) is 1.78. The molecular weight excluding hydrogens is 442 g/mol. The standard InChI is InChI=1S/C21H21N9O2S/c1-13(6-7-14-8-10-15(11-9-14)29(2)3)23-25-21(31)17-18(16-5-4-12-33-16)30(28-24-17)20-19(22)26-32-27-20/h4-12H,1-3H3,(H2,22,26)(H,25,31). The number of thiophene rings is 1. The van der Waals surface area contributed by atoms with E-state index in [1.807, 2.05) is 72.9 Å². The van der Waals surface area contributed by atoms with Crippen molar-refractivity contribution in [1.29, 1.82) is 0 Å². The fourth-order valence-corrected chi connectivity index (χ4v) is 3.64. The summed E-state index contributed by atoms with van der Waals surface area (Å²) >= 11 is 1.41. The first-order valence-corrected chi connectivity index (χ1v) is 10.7. The number of aromatic nitrogens is 5. The summed E-state index contributed by atoms with van der Waals surface area (Å²) in [5.74, 6) is -0.349. The maximum absolute atomic E-state index is 12.9. The number of rotatable bonds is 7. The van der Waals surface area contributed by atoms with Gasteiger partial charge in [0.1, 0.15) is 5.69 Å². The minimum Gasteiger partial charge on any atom is -0.378 e. The largest absolute Gasteiger partial charge is 0.378 e. The zero-order valence-corrected chi connectivity index (χ0v) is 18.9. The lowest BCUT2D eigenvalue weighted by atomic mass is 10.2. The van der Waals surface area contributed by atoms with Crippen LogP contribution < -0.4 is 16.1 Å². The van der Waals surface area contributed by atoms with Crippen molar-refractivity contribution in [2.45, 2.75) is 6.92 Å². The highest BCUT2D eigenvalue weighted by Crippen LogP contribution is 2.29. The van der Waals surface area contributed by atoms with Gasteiger partial charge in [0.25, 0.3) is 5.91 Å². The van der Waals surface area contributed by atoms with Crippen LogP contribution in [0, 0.1) is 0 Å². The van der Waals surface area contributed by atoms with Gasteiger partial charge in [-0.05, 0) is 52.5 Å². The molecule has 0 spiro atoms. The van der Waals surface area contributed by atoms with Crippen molar-refractivity contribution in [3.63, 3.8) is 0 Å². The molecule has 33 heavy (non-hydrogen) atoms. The molecule has 0 saturated carbocycles. The molecule has 0 radical (unpaired) electrons. The highest BCUT2D eigenvalue weighted by molar-refractivity contribution is 7.13. The molecule has 0 bridgehead atoms. The number of allylic oxidation sites excluding steroid dienone is 1. The number of nitrogen functional groups attached to an aromatic ring is 1. The molecule has 11 nitrogen and oxygen atoms in total. The van der Waals surface area contributed by atoms with Gasteiger partial charge in [0.05, 0.1) is 10.6 Å². The molecule has 1 amide bonds. The molecule has 0 fully saturated rings. The van der Waals surface area contributed by atoms with Crippen LogP contribution in [0.4, 0.5) is 11.5 Å². The van der Waals surface area contributed by atoms with Crippen LogP contribution in [-0.4, -0.2) is 51.0 Å². The molecule has 0 unspecified atom stereocenters. The second kappa shape index (κ2) is 9.44. The molecule has 3 aromatic heterocycles. The molecule has 0 aliphatic heterocycles. The van der Waals surface area contributed by atoms with Crippen molar-refractivity contribution in [2.24, 2.45) is 5.10 Å². The summed E-state index contributed by atoms with van der Waals surface area (Å²) in [6, 6.07) is 11.8. The Morgan fingerprint density at radius 3 is 2.67 bits per heavy atom. The Morgan fingerprint density at radius 1 is 1.24 bits per heavy atom. The SMILES string of the molecule is CC(C=Cc1ccc(N(C)C)cc1)=NNC(=O)c1nnn(-c2nonc2N)c1-c1cccs1.